The summed E-state index contributed by atoms with van der Waals surface area (Å²) in [6, 6.07) is 0. The van der Waals surface area contributed by atoms with Crippen LogP contribution < -0.4 is 15.8 Å². The van der Waals surface area contributed by atoms with Crippen LogP contribution in [0.15, 0.2) is 71.5 Å². The Bertz CT molecular complexity index is 1310. The first kappa shape index (κ1) is 34.3. The van der Waals surface area contributed by atoms with Crippen molar-refractivity contribution in [3.8, 4) is 0 Å². The summed E-state index contributed by atoms with van der Waals surface area (Å²) in [5.74, 6) is -0.989. The second kappa shape index (κ2) is 15.5. The highest BCUT2D eigenvalue weighted by molar-refractivity contribution is 7.86. The van der Waals surface area contributed by atoms with Crippen LogP contribution in [-0.2, 0) is 19.8 Å². The molecule has 1 unspecified atom stereocenters. The number of allylic oxidation sites excluding steroid dienone is 7. The minimum absolute atomic E-state index is 0.0768. The van der Waals surface area contributed by atoms with Gasteiger partial charge in [-0.3, -0.25) is 4.79 Å². The third-order valence-corrected chi connectivity index (χ3v) is 9.42. The second-order valence-corrected chi connectivity index (χ2v) is 13.1. The number of rotatable bonds is 17. The van der Waals surface area contributed by atoms with Crippen LogP contribution in [0.2, 0.25) is 0 Å². The highest BCUT2D eigenvalue weighted by Gasteiger charge is 2.61. The first-order valence-corrected chi connectivity index (χ1v) is 16.4. The van der Waals surface area contributed by atoms with Gasteiger partial charge in [0, 0.05) is 50.4 Å². The summed E-state index contributed by atoms with van der Waals surface area (Å²) in [5, 5.41) is 20.1. The van der Waals surface area contributed by atoms with Gasteiger partial charge in [-0.25, -0.2) is 14.3 Å². The van der Waals surface area contributed by atoms with Gasteiger partial charge in [-0.05, 0) is 49.7 Å². The van der Waals surface area contributed by atoms with Gasteiger partial charge in [0.2, 0.25) is 5.76 Å². The van der Waals surface area contributed by atoms with Crippen molar-refractivity contribution in [1.82, 2.24) is 14.9 Å². The maximum atomic E-state index is 14.6. The van der Waals surface area contributed by atoms with E-state index in [9.17, 15) is 22.4 Å². The average molecular weight is 622 g/mol. The number of halogens is 1. The van der Waals surface area contributed by atoms with Gasteiger partial charge in [-0.1, -0.05) is 50.5 Å². The van der Waals surface area contributed by atoms with E-state index in [1.807, 2.05) is 0 Å². The Morgan fingerprint density at radius 2 is 1.98 bits per heavy atom. The van der Waals surface area contributed by atoms with Crippen molar-refractivity contribution >= 4 is 22.1 Å². The molecule has 43 heavy (non-hydrogen) atoms. The normalized spacial score (nSPS) is 23.0. The molecule has 3 aliphatic rings. The van der Waals surface area contributed by atoms with E-state index in [-0.39, 0.29) is 30.2 Å². The Hall–Kier alpha value is -3.22. The molecular weight excluding hydrogens is 575 g/mol. The fourth-order valence-electron chi connectivity index (χ4n) is 5.79. The Kier molecular flexibility index (Phi) is 12.3. The predicted molar refractivity (Wildman–Crippen MR) is 165 cm³/mol. The summed E-state index contributed by atoms with van der Waals surface area (Å²) in [6.07, 6.45) is 17.6. The summed E-state index contributed by atoms with van der Waals surface area (Å²) >= 11 is 0. The van der Waals surface area contributed by atoms with Gasteiger partial charge in [0.25, 0.3) is 16.8 Å². The van der Waals surface area contributed by atoms with Crippen LogP contribution in [0.1, 0.15) is 57.8 Å². The number of nitrogens with two attached hydrogens (primary N) is 1. The van der Waals surface area contributed by atoms with Crippen LogP contribution in [0.3, 0.4) is 0 Å². The first-order valence-electron chi connectivity index (χ1n) is 14.9. The third-order valence-electron chi connectivity index (χ3n) is 8.37. The van der Waals surface area contributed by atoms with Crippen LogP contribution in [0.4, 0.5) is 4.39 Å². The molecule has 0 spiro atoms. The molecule has 0 bridgehead atoms. The van der Waals surface area contributed by atoms with E-state index in [1.165, 1.54) is 25.6 Å². The molecule has 2 atom stereocenters. The SMILES string of the molecule is C=C(NC)C(=C\C=C\C(=O)O)/C(=C/[C@@]12CC1C=C(F)C=C2[OH+]CC(=O)NCCCCCN(C)S(N)(=O)=O)C1CCCCC1. The molecule has 2 saturated carbocycles. The summed E-state index contributed by atoms with van der Waals surface area (Å²) in [6.45, 7) is 4.77. The molecule has 12 heteroatoms. The topological polar surface area (TPSA) is 155 Å². The molecule has 0 saturated heterocycles. The zero-order valence-electron chi connectivity index (χ0n) is 25.1. The monoisotopic (exact) mass is 621 g/mol. The van der Waals surface area contributed by atoms with Gasteiger partial charge in [-0.2, -0.15) is 12.7 Å². The zero-order chi connectivity index (χ0) is 31.6. The average Bonchev–Trinajstić information content (AvgIpc) is 3.67. The molecule has 0 aromatic heterocycles. The molecular formula is C31H46FN4O6S+. The Balaban J connectivity index is 1.72. The van der Waals surface area contributed by atoms with Gasteiger partial charge >= 0.3 is 11.9 Å². The molecule has 0 radical (unpaired) electrons. The van der Waals surface area contributed by atoms with Gasteiger partial charge in [-0.15, -0.1) is 0 Å². The van der Waals surface area contributed by atoms with Crippen LogP contribution in [-0.4, -0.2) is 68.2 Å². The van der Waals surface area contributed by atoms with Crippen LogP contribution in [0.5, 0.6) is 0 Å². The Labute approximate surface area is 254 Å². The van der Waals surface area contributed by atoms with Gasteiger partial charge in [0.15, 0.2) is 0 Å². The number of ether oxygens (including phenoxy) is 1. The van der Waals surface area contributed by atoms with Crippen LogP contribution in [0, 0.1) is 17.3 Å². The Morgan fingerprint density at radius 3 is 2.63 bits per heavy atom. The number of hydrogen-bond donors (Lipinski definition) is 4. The van der Waals surface area contributed by atoms with E-state index >= 15 is 0 Å². The molecule has 0 aromatic rings. The van der Waals surface area contributed by atoms with Crippen molar-refractivity contribution in [3.05, 3.63) is 71.5 Å². The van der Waals surface area contributed by atoms with Crippen LogP contribution >= 0.6 is 0 Å². The number of nitrogens with one attached hydrogen (secondary N) is 2. The Morgan fingerprint density at radius 1 is 1.26 bits per heavy atom. The molecule has 3 rings (SSSR count). The maximum absolute atomic E-state index is 14.6. The van der Waals surface area contributed by atoms with E-state index in [1.54, 1.807) is 19.2 Å². The number of amides is 1. The first-order chi connectivity index (χ1) is 20.4. The number of carboxylic acid groups (broad SMARTS) is 1. The number of hydrogen-bond acceptors (Lipinski definition) is 5. The maximum Gasteiger partial charge on any atom is 0.328 e. The lowest BCUT2D eigenvalue weighted by atomic mass is 9.77. The molecule has 0 heterocycles. The zero-order valence-corrected chi connectivity index (χ0v) is 26.0. The highest BCUT2D eigenvalue weighted by atomic mass is 32.2. The number of fused-ring (bicyclic) bond motifs is 1. The molecule has 10 nitrogen and oxygen atoms in total. The molecule has 0 aliphatic heterocycles. The van der Waals surface area contributed by atoms with Gasteiger partial charge < -0.3 is 20.5 Å². The van der Waals surface area contributed by atoms with E-state index < -0.39 is 21.6 Å². The molecule has 1 amide bonds. The lowest BCUT2D eigenvalue weighted by Gasteiger charge is -2.29. The minimum Gasteiger partial charge on any atom is -0.578 e. The summed E-state index contributed by atoms with van der Waals surface area (Å²) < 4.78 is 42.8. The van der Waals surface area contributed by atoms with Crippen molar-refractivity contribution in [2.24, 2.45) is 22.4 Å². The number of likely N-dealkylation sites (N-methyl/N-ethyl adjacent to an activating group) is 1. The number of unbranched alkanes of at least 4 members (excludes halogenated alkanes) is 2. The van der Waals surface area contributed by atoms with Gasteiger partial charge in [0.1, 0.15) is 11.2 Å². The van der Waals surface area contributed by atoms with Crippen molar-refractivity contribution < 1.29 is 32.2 Å². The molecule has 238 valence electrons. The summed E-state index contributed by atoms with van der Waals surface area (Å²) in [5.41, 5.74) is 1.98. The number of carboxylic acids is 1. The van der Waals surface area contributed by atoms with Gasteiger partial charge in [0.05, 0.1) is 6.08 Å². The number of nitrogens with zero attached hydrogens (tertiary/aromatic N) is 1. The number of aliphatic hydroxyl groups is 2. The van der Waals surface area contributed by atoms with E-state index in [0.29, 0.717) is 50.2 Å². The molecule has 0 aromatic carbocycles. The standard InChI is InChI=1S/C31H45FN4O6S/c1-22(34-2)26(13-10-14-30(38)39)27(23-11-6-4-7-12-23)20-31-19-24(31)17-25(32)18-28(31)42-21-29(37)35-15-8-5-9-16-36(3)43(33,40)41/h10,13-14,17-18,20,23-24,34H,1,4-9,11-12,15-16,19,21H2,2-3H3,(H,35,37)(H,38,39)(H2,33,40,41)/p+1/b14-10+,26-13+,27-20+/t24?,31-/m0/s1. The van der Waals surface area contributed by atoms with Crippen molar-refractivity contribution in [2.75, 3.05) is 33.8 Å². The predicted octanol–water partition coefficient (Wildman–Crippen LogP) is 3.50. The quantitative estimate of drug-likeness (QED) is 0.0844. The second-order valence-electron chi connectivity index (χ2n) is 11.5. The van der Waals surface area contributed by atoms with Crippen molar-refractivity contribution in [1.29, 1.82) is 0 Å². The smallest absolute Gasteiger partial charge is 0.328 e. The lowest BCUT2D eigenvalue weighted by Crippen LogP contribution is -2.34. The molecule has 6 N–H and O–H groups in total. The van der Waals surface area contributed by atoms with E-state index in [0.717, 1.165) is 47.2 Å². The van der Waals surface area contributed by atoms with Crippen LogP contribution in [0.25, 0.3) is 0 Å². The number of aliphatic carboxylic acids is 1. The lowest BCUT2D eigenvalue weighted by molar-refractivity contribution is -0.132. The van der Waals surface area contributed by atoms with Crippen molar-refractivity contribution in [3.63, 3.8) is 0 Å². The van der Waals surface area contributed by atoms with E-state index in [2.05, 4.69) is 28.0 Å². The third kappa shape index (κ3) is 9.90. The van der Waals surface area contributed by atoms with E-state index in [4.69, 9.17) is 10.2 Å². The number of carbonyl (C=O) groups excluding carboxylic acids is 1. The molecule has 3 aliphatic carbocycles. The highest BCUT2D eigenvalue weighted by Crippen LogP contribution is 2.63. The minimum atomic E-state index is -3.69. The fourth-order valence-corrected chi connectivity index (χ4v) is 6.17. The number of carbonyl (C=O) groups is 2. The summed E-state index contributed by atoms with van der Waals surface area (Å²) in [4.78, 5) is 23.7. The molecule has 2 fully saturated rings. The fraction of sp³-hybridized carbons (Fsp3) is 0.548. The largest absolute Gasteiger partial charge is 0.578 e. The summed E-state index contributed by atoms with van der Waals surface area (Å²) in [7, 11) is -0.498. The van der Waals surface area contributed by atoms with Crippen molar-refractivity contribution in [2.45, 2.75) is 57.8 Å².